The topological polar surface area (TPSA) is 24.9 Å². The zero-order valence-corrected chi connectivity index (χ0v) is 14.7. The summed E-state index contributed by atoms with van der Waals surface area (Å²) in [6.07, 6.45) is 3.92. The van der Waals surface area contributed by atoms with E-state index in [2.05, 4.69) is 67.3 Å². The van der Waals surface area contributed by atoms with Gasteiger partial charge in [-0.25, -0.2) is 4.98 Å². The summed E-state index contributed by atoms with van der Waals surface area (Å²) in [5, 5.41) is 6.81. The van der Waals surface area contributed by atoms with E-state index in [4.69, 9.17) is 0 Å². The highest BCUT2D eigenvalue weighted by Gasteiger charge is 2.15. The average molecular weight is 404 g/mol. The Morgan fingerprint density at radius 1 is 1.37 bits per heavy atom. The van der Waals surface area contributed by atoms with Crippen molar-refractivity contribution in [3.8, 4) is 0 Å². The Balaban J connectivity index is 2.20. The van der Waals surface area contributed by atoms with Crippen LogP contribution in [0.4, 0.5) is 0 Å². The normalized spacial score (nSPS) is 12.6. The zero-order valence-electron chi connectivity index (χ0n) is 10.7. The van der Waals surface area contributed by atoms with Crippen LogP contribution in [-0.2, 0) is 6.42 Å². The smallest absolute Gasteiger partial charge is 0.0943 e. The first-order valence-corrected chi connectivity index (χ1v) is 8.74. The van der Waals surface area contributed by atoms with Gasteiger partial charge in [-0.2, -0.15) is 0 Å². The van der Waals surface area contributed by atoms with Gasteiger partial charge >= 0.3 is 0 Å². The SMILES string of the molecule is CCCNC(Cc1nccs1)c1ccc(Br)cc1Br. The lowest BCUT2D eigenvalue weighted by Crippen LogP contribution is -2.24. The molecule has 0 saturated carbocycles. The van der Waals surface area contributed by atoms with Crippen LogP contribution >= 0.6 is 43.2 Å². The lowest BCUT2D eigenvalue weighted by molar-refractivity contribution is 0.526. The lowest BCUT2D eigenvalue weighted by atomic mass is 10.0. The van der Waals surface area contributed by atoms with Gasteiger partial charge in [-0.3, -0.25) is 0 Å². The number of benzene rings is 1. The van der Waals surface area contributed by atoms with Gasteiger partial charge in [0.05, 0.1) is 5.01 Å². The van der Waals surface area contributed by atoms with Gasteiger partial charge in [0.1, 0.15) is 0 Å². The first kappa shape index (κ1) is 15.2. The number of hydrogen-bond donors (Lipinski definition) is 1. The standard InChI is InChI=1S/C14H16Br2N2S/c1-2-5-17-13(9-14-18-6-7-19-14)11-4-3-10(15)8-12(11)16/h3-4,6-8,13,17H,2,5,9H2,1H3. The molecule has 0 saturated heterocycles. The van der Waals surface area contributed by atoms with E-state index in [1.807, 2.05) is 11.6 Å². The summed E-state index contributed by atoms with van der Waals surface area (Å²) in [6, 6.07) is 6.64. The second-order valence-electron chi connectivity index (χ2n) is 4.30. The molecule has 1 atom stereocenters. The summed E-state index contributed by atoms with van der Waals surface area (Å²) in [5.41, 5.74) is 1.28. The molecule has 0 aliphatic heterocycles. The van der Waals surface area contributed by atoms with Gasteiger partial charge in [-0.1, -0.05) is 44.8 Å². The van der Waals surface area contributed by atoms with Crippen molar-refractivity contribution in [2.24, 2.45) is 0 Å². The van der Waals surface area contributed by atoms with Gasteiger partial charge in [0.15, 0.2) is 0 Å². The Labute approximate surface area is 134 Å². The number of hydrogen-bond acceptors (Lipinski definition) is 3. The van der Waals surface area contributed by atoms with Gasteiger partial charge in [-0.15, -0.1) is 11.3 Å². The summed E-state index contributed by atoms with van der Waals surface area (Å²) in [7, 11) is 0. The Morgan fingerprint density at radius 2 is 2.21 bits per heavy atom. The third-order valence-electron chi connectivity index (χ3n) is 2.84. The molecule has 19 heavy (non-hydrogen) atoms. The van der Waals surface area contributed by atoms with Crippen LogP contribution in [0.15, 0.2) is 38.7 Å². The number of aromatic nitrogens is 1. The molecule has 1 aromatic heterocycles. The fourth-order valence-electron chi connectivity index (χ4n) is 1.92. The quantitative estimate of drug-likeness (QED) is 0.737. The predicted molar refractivity (Wildman–Crippen MR) is 88.7 cm³/mol. The fourth-order valence-corrected chi connectivity index (χ4v) is 3.91. The monoisotopic (exact) mass is 402 g/mol. The van der Waals surface area contributed by atoms with Crippen molar-refractivity contribution in [2.45, 2.75) is 25.8 Å². The second-order valence-corrected chi connectivity index (χ2v) is 7.05. The highest BCUT2D eigenvalue weighted by molar-refractivity contribution is 9.11. The molecule has 0 spiro atoms. The average Bonchev–Trinajstić information content (AvgIpc) is 2.88. The molecule has 2 nitrogen and oxygen atoms in total. The van der Waals surface area contributed by atoms with E-state index >= 15 is 0 Å². The Kier molecular flexibility index (Phi) is 6.01. The van der Waals surface area contributed by atoms with Crippen LogP contribution < -0.4 is 5.32 Å². The molecule has 2 aromatic rings. The van der Waals surface area contributed by atoms with Crippen LogP contribution in [0.1, 0.15) is 30.0 Å². The number of halogens is 2. The highest BCUT2D eigenvalue weighted by atomic mass is 79.9. The fraction of sp³-hybridized carbons (Fsp3) is 0.357. The van der Waals surface area contributed by atoms with E-state index < -0.39 is 0 Å². The predicted octanol–water partition coefficient (Wildman–Crippen LogP) is 4.95. The van der Waals surface area contributed by atoms with E-state index in [0.29, 0.717) is 6.04 Å². The third kappa shape index (κ3) is 4.38. The molecular formula is C14H16Br2N2S. The Hall–Kier alpha value is -0.230. The maximum atomic E-state index is 4.39. The molecule has 0 aliphatic rings. The summed E-state index contributed by atoms with van der Waals surface area (Å²) in [5.74, 6) is 0. The molecule has 102 valence electrons. The number of nitrogens with one attached hydrogen (secondary N) is 1. The summed E-state index contributed by atoms with van der Waals surface area (Å²) < 4.78 is 2.22. The molecule has 1 aromatic carbocycles. The van der Waals surface area contributed by atoms with Crippen molar-refractivity contribution < 1.29 is 0 Å². The van der Waals surface area contributed by atoms with Crippen molar-refractivity contribution in [3.05, 3.63) is 49.3 Å². The van der Waals surface area contributed by atoms with Crippen LogP contribution in [0.5, 0.6) is 0 Å². The van der Waals surface area contributed by atoms with Crippen molar-refractivity contribution in [2.75, 3.05) is 6.54 Å². The first-order valence-electron chi connectivity index (χ1n) is 6.27. The van der Waals surface area contributed by atoms with Crippen LogP contribution in [0.3, 0.4) is 0 Å². The van der Waals surface area contributed by atoms with E-state index in [-0.39, 0.29) is 0 Å². The van der Waals surface area contributed by atoms with Crippen LogP contribution in [-0.4, -0.2) is 11.5 Å². The molecule has 0 aliphatic carbocycles. The van der Waals surface area contributed by atoms with Gasteiger partial charge < -0.3 is 5.32 Å². The van der Waals surface area contributed by atoms with E-state index in [0.717, 1.165) is 28.3 Å². The maximum absolute atomic E-state index is 4.39. The zero-order chi connectivity index (χ0) is 13.7. The summed E-state index contributed by atoms with van der Waals surface area (Å²) in [6.45, 7) is 3.20. The molecular weight excluding hydrogens is 388 g/mol. The minimum atomic E-state index is 0.300. The van der Waals surface area contributed by atoms with Crippen LogP contribution in [0, 0.1) is 0 Å². The lowest BCUT2D eigenvalue weighted by Gasteiger charge is -2.19. The minimum Gasteiger partial charge on any atom is -0.310 e. The van der Waals surface area contributed by atoms with E-state index in [1.165, 1.54) is 10.6 Å². The first-order chi connectivity index (χ1) is 9.20. The van der Waals surface area contributed by atoms with Gasteiger partial charge in [-0.05, 0) is 30.7 Å². The van der Waals surface area contributed by atoms with Gasteiger partial charge in [0.2, 0.25) is 0 Å². The molecule has 0 bridgehead atoms. The second kappa shape index (κ2) is 7.53. The summed E-state index contributed by atoms with van der Waals surface area (Å²) in [4.78, 5) is 4.39. The maximum Gasteiger partial charge on any atom is 0.0943 e. The molecule has 0 fully saturated rings. The van der Waals surface area contributed by atoms with Crippen LogP contribution in [0.2, 0.25) is 0 Å². The largest absolute Gasteiger partial charge is 0.310 e. The minimum absolute atomic E-state index is 0.300. The van der Waals surface area contributed by atoms with Crippen molar-refractivity contribution in [3.63, 3.8) is 0 Å². The van der Waals surface area contributed by atoms with Gasteiger partial charge in [0, 0.05) is 33.0 Å². The Morgan fingerprint density at radius 3 is 2.84 bits per heavy atom. The molecule has 1 heterocycles. The van der Waals surface area contributed by atoms with Crippen LogP contribution in [0.25, 0.3) is 0 Å². The molecule has 1 unspecified atom stereocenters. The van der Waals surface area contributed by atoms with E-state index in [9.17, 15) is 0 Å². The molecule has 2 rings (SSSR count). The van der Waals surface area contributed by atoms with Crippen molar-refractivity contribution in [1.29, 1.82) is 0 Å². The highest BCUT2D eigenvalue weighted by Crippen LogP contribution is 2.29. The number of thiazole rings is 1. The number of rotatable bonds is 6. The number of nitrogens with zero attached hydrogens (tertiary/aromatic N) is 1. The van der Waals surface area contributed by atoms with E-state index in [1.54, 1.807) is 11.3 Å². The third-order valence-corrected chi connectivity index (χ3v) is 4.82. The van der Waals surface area contributed by atoms with Crippen molar-refractivity contribution in [1.82, 2.24) is 10.3 Å². The summed E-state index contributed by atoms with van der Waals surface area (Å²) >= 11 is 8.87. The molecule has 0 amide bonds. The van der Waals surface area contributed by atoms with Crippen molar-refractivity contribution >= 4 is 43.2 Å². The molecule has 1 N–H and O–H groups in total. The molecule has 5 heteroatoms. The van der Waals surface area contributed by atoms with Gasteiger partial charge in [0.25, 0.3) is 0 Å². The molecule has 0 radical (unpaired) electrons. The Bertz CT molecular complexity index is 514.